The summed E-state index contributed by atoms with van der Waals surface area (Å²) in [6.07, 6.45) is 5.04. The first kappa shape index (κ1) is 12.2. The van der Waals surface area contributed by atoms with Crippen molar-refractivity contribution in [3.8, 4) is 0 Å². The van der Waals surface area contributed by atoms with Crippen LogP contribution in [0.4, 0.5) is 0 Å². The Morgan fingerprint density at radius 2 is 2.21 bits per heavy atom. The predicted octanol–water partition coefficient (Wildman–Crippen LogP) is 3.83. The van der Waals surface area contributed by atoms with E-state index in [1.807, 2.05) is 11.3 Å². The standard InChI is InChI=1S/C11H18BrNS/c1-2-6-13-7-4-3-5-11-8-10(12)9-14-11/h8-9,13H,2-7H2,1H3. The number of hydrogen-bond donors (Lipinski definition) is 1. The summed E-state index contributed by atoms with van der Waals surface area (Å²) in [6.45, 7) is 4.53. The summed E-state index contributed by atoms with van der Waals surface area (Å²) in [5.74, 6) is 0. The van der Waals surface area contributed by atoms with Crippen LogP contribution in [0.5, 0.6) is 0 Å². The third-order valence-corrected chi connectivity index (χ3v) is 3.83. The van der Waals surface area contributed by atoms with Crippen LogP contribution in [0.25, 0.3) is 0 Å². The zero-order valence-corrected chi connectivity index (χ0v) is 11.1. The largest absolute Gasteiger partial charge is 0.317 e. The summed E-state index contributed by atoms with van der Waals surface area (Å²) in [7, 11) is 0. The molecule has 1 aromatic rings. The molecule has 0 amide bonds. The van der Waals surface area contributed by atoms with Crippen LogP contribution in [0.15, 0.2) is 15.9 Å². The van der Waals surface area contributed by atoms with Gasteiger partial charge in [-0.15, -0.1) is 11.3 Å². The predicted molar refractivity (Wildman–Crippen MR) is 68.1 cm³/mol. The molecule has 1 rings (SSSR count). The van der Waals surface area contributed by atoms with Crippen molar-refractivity contribution in [1.29, 1.82) is 0 Å². The lowest BCUT2D eigenvalue weighted by molar-refractivity contribution is 0.618. The maximum Gasteiger partial charge on any atom is 0.0285 e. The number of thiophene rings is 1. The third kappa shape index (κ3) is 5.13. The molecule has 1 aromatic heterocycles. The van der Waals surface area contributed by atoms with Crippen LogP contribution in [-0.4, -0.2) is 13.1 Å². The Kier molecular flexibility index (Phi) is 6.48. The van der Waals surface area contributed by atoms with Gasteiger partial charge in [-0.3, -0.25) is 0 Å². The van der Waals surface area contributed by atoms with Crippen LogP contribution in [0, 0.1) is 0 Å². The van der Waals surface area contributed by atoms with E-state index in [1.54, 1.807) is 0 Å². The van der Waals surface area contributed by atoms with Gasteiger partial charge in [-0.05, 0) is 60.8 Å². The Bertz CT molecular complexity index is 247. The van der Waals surface area contributed by atoms with E-state index in [0.717, 1.165) is 6.54 Å². The quantitative estimate of drug-likeness (QED) is 0.746. The fourth-order valence-corrected chi connectivity index (χ4v) is 2.83. The number of halogens is 1. The van der Waals surface area contributed by atoms with Gasteiger partial charge in [0.05, 0.1) is 0 Å². The van der Waals surface area contributed by atoms with Crippen LogP contribution in [-0.2, 0) is 6.42 Å². The average molecular weight is 276 g/mol. The molecule has 0 bridgehead atoms. The highest BCUT2D eigenvalue weighted by molar-refractivity contribution is 9.10. The van der Waals surface area contributed by atoms with E-state index in [-0.39, 0.29) is 0 Å². The van der Waals surface area contributed by atoms with Gasteiger partial charge in [-0.1, -0.05) is 6.92 Å². The van der Waals surface area contributed by atoms with Crippen LogP contribution in [0.2, 0.25) is 0 Å². The zero-order chi connectivity index (χ0) is 10.2. The molecule has 1 N–H and O–H groups in total. The maximum absolute atomic E-state index is 3.47. The summed E-state index contributed by atoms with van der Waals surface area (Å²) in [4.78, 5) is 1.49. The molecule has 0 aromatic carbocycles. The van der Waals surface area contributed by atoms with E-state index in [0.29, 0.717) is 0 Å². The van der Waals surface area contributed by atoms with E-state index in [4.69, 9.17) is 0 Å². The van der Waals surface area contributed by atoms with Crippen molar-refractivity contribution >= 4 is 27.3 Å². The zero-order valence-electron chi connectivity index (χ0n) is 8.68. The van der Waals surface area contributed by atoms with Gasteiger partial charge in [0.1, 0.15) is 0 Å². The van der Waals surface area contributed by atoms with Crippen molar-refractivity contribution in [1.82, 2.24) is 5.32 Å². The molecule has 1 nitrogen and oxygen atoms in total. The molecule has 80 valence electrons. The molecule has 0 unspecified atom stereocenters. The molecule has 0 aliphatic heterocycles. The lowest BCUT2D eigenvalue weighted by Gasteiger charge is -2.01. The summed E-state index contributed by atoms with van der Waals surface area (Å²) in [5, 5.41) is 5.58. The Morgan fingerprint density at radius 3 is 2.86 bits per heavy atom. The van der Waals surface area contributed by atoms with Crippen molar-refractivity contribution < 1.29 is 0 Å². The van der Waals surface area contributed by atoms with Gasteiger partial charge >= 0.3 is 0 Å². The smallest absolute Gasteiger partial charge is 0.0285 e. The number of aryl methyl sites for hydroxylation is 1. The highest BCUT2D eigenvalue weighted by Gasteiger charge is 1.96. The van der Waals surface area contributed by atoms with Gasteiger partial charge in [0.25, 0.3) is 0 Å². The molecule has 14 heavy (non-hydrogen) atoms. The number of unbranched alkanes of at least 4 members (excludes halogenated alkanes) is 1. The van der Waals surface area contributed by atoms with Crippen LogP contribution >= 0.6 is 27.3 Å². The minimum Gasteiger partial charge on any atom is -0.317 e. The number of hydrogen-bond acceptors (Lipinski definition) is 2. The van der Waals surface area contributed by atoms with E-state index in [1.165, 1.54) is 41.6 Å². The molecule has 3 heteroatoms. The minimum atomic E-state index is 1.16. The second kappa shape index (κ2) is 7.43. The fraction of sp³-hybridized carbons (Fsp3) is 0.636. The van der Waals surface area contributed by atoms with Crippen LogP contribution < -0.4 is 5.32 Å². The van der Waals surface area contributed by atoms with Crippen LogP contribution in [0.1, 0.15) is 31.1 Å². The lowest BCUT2D eigenvalue weighted by Crippen LogP contribution is -2.15. The highest BCUT2D eigenvalue weighted by atomic mass is 79.9. The summed E-state index contributed by atoms with van der Waals surface area (Å²) in [6, 6.07) is 2.23. The van der Waals surface area contributed by atoms with Gasteiger partial charge in [0, 0.05) is 14.7 Å². The second-order valence-electron chi connectivity index (χ2n) is 3.44. The molecule has 0 aliphatic rings. The average Bonchev–Trinajstić information content (AvgIpc) is 2.58. The molecule has 0 atom stereocenters. The number of rotatable bonds is 7. The summed E-state index contributed by atoms with van der Waals surface area (Å²) < 4.78 is 1.22. The molecular formula is C11H18BrNS. The Hall–Kier alpha value is 0.140. The SMILES string of the molecule is CCCNCCCCc1cc(Br)cs1. The number of nitrogens with one attached hydrogen (secondary N) is 1. The molecule has 0 fully saturated rings. The molecule has 0 saturated heterocycles. The van der Waals surface area contributed by atoms with Crippen molar-refractivity contribution in [3.05, 3.63) is 20.8 Å². The molecule has 0 spiro atoms. The molecular weight excluding hydrogens is 258 g/mol. The molecule has 0 aliphatic carbocycles. The first-order valence-electron chi connectivity index (χ1n) is 5.26. The van der Waals surface area contributed by atoms with Gasteiger partial charge in [-0.2, -0.15) is 0 Å². The molecule has 0 radical (unpaired) electrons. The van der Waals surface area contributed by atoms with Gasteiger partial charge < -0.3 is 5.32 Å². The van der Waals surface area contributed by atoms with Gasteiger partial charge in [0.15, 0.2) is 0 Å². The minimum absolute atomic E-state index is 1.16. The first-order chi connectivity index (χ1) is 6.83. The summed E-state index contributed by atoms with van der Waals surface area (Å²) in [5.41, 5.74) is 0. The maximum atomic E-state index is 3.47. The van der Waals surface area contributed by atoms with E-state index in [2.05, 4.69) is 39.6 Å². The van der Waals surface area contributed by atoms with Crippen LogP contribution in [0.3, 0.4) is 0 Å². The molecule has 1 heterocycles. The third-order valence-electron chi connectivity index (χ3n) is 2.08. The van der Waals surface area contributed by atoms with Crippen molar-refractivity contribution in [2.75, 3.05) is 13.1 Å². The van der Waals surface area contributed by atoms with Gasteiger partial charge in [0.2, 0.25) is 0 Å². The van der Waals surface area contributed by atoms with Crippen molar-refractivity contribution in [2.24, 2.45) is 0 Å². The van der Waals surface area contributed by atoms with Crippen molar-refractivity contribution in [3.63, 3.8) is 0 Å². The Labute approximate surface area is 99.0 Å². The molecule has 0 saturated carbocycles. The monoisotopic (exact) mass is 275 g/mol. The summed E-state index contributed by atoms with van der Waals surface area (Å²) >= 11 is 5.32. The first-order valence-corrected chi connectivity index (χ1v) is 6.94. The second-order valence-corrected chi connectivity index (χ2v) is 5.35. The van der Waals surface area contributed by atoms with Gasteiger partial charge in [-0.25, -0.2) is 0 Å². The fourth-order valence-electron chi connectivity index (χ4n) is 1.34. The Balaban J connectivity index is 1.99. The van der Waals surface area contributed by atoms with E-state index < -0.39 is 0 Å². The van der Waals surface area contributed by atoms with E-state index >= 15 is 0 Å². The normalized spacial score (nSPS) is 10.7. The Morgan fingerprint density at radius 1 is 1.36 bits per heavy atom. The topological polar surface area (TPSA) is 12.0 Å². The van der Waals surface area contributed by atoms with E-state index in [9.17, 15) is 0 Å². The highest BCUT2D eigenvalue weighted by Crippen LogP contribution is 2.21. The van der Waals surface area contributed by atoms with Crippen molar-refractivity contribution in [2.45, 2.75) is 32.6 Å². The lowest BCUT2D eigenvalue weighted by atomic mass is 10.2.